The van der Waals surface area contributed by atoms with Gasteiger partial charge in [-0.3, -0.25) is 0 Å². The predicted octanol–water partition coefficient (Wildman–Crippen LogP) is 4.86. The van der Waals surface area contributed by atoms with Gasteiger partial charge in [0.05, 0.1) is 0 Å². The maximum atomic E-state index is 3.87. The summed E-state index contributed by atoms with van der Waals surface area (Å²) in [5.74, 6) is 3.55. The van der Waals surface area contributed by atoms with Crippen molar-refractivity contribution in [2.45, 2.75) is 79.2 Å². The quantitative estimate of drug-likeness (QED) is 0.683. The van der Waals surface area contributed by atoms with Crippen molar-refractivity contribution in [2.24, 2.45) is 23.7 Å². The second-order valence-electron chi connectivity index (χ2n) is 7.49. The lowest BCUT2D eigenvalue weighted by Crippen LogP contribution is -2.36. The van der Waals surface area contributed by atoms with Crippen molar-refractivity contribution in [2.75, 3.05) is 6.54 Å². The first-order valence-corrected chi connectivity index (χ1v) is 8.20. The molecule has 1 heteroatoms. The second kappa shape index (κ2) is 8.19. The Morgan fingerprint density at radius 1 is 0.889 bits per heavy atom. The fraction of sp³-hybridized carbons (Fsp3) is 1.00. The van der Waals surface area contributed by atoms with Gasteiger partial charge in [-0.05, 0) is 55.9 Å². The molecular formula is C17H35N. The van der Waals surface area contributed by atoms with Crippen LogP contribution in [0.15, 0.2) is 0 Å². The Balaban J connectivity index is 2.27. The summed E-state index contributed by atoms with van der Waals surface area (Å²) >= 11 is 0. The molecule has 1 N–H and O–H groups in total. The molecule has 18 heavy (non-hydrogen) atoms. The van der Waals surface area contributed by atoms with Crippen LogP contribution >= 0.6 is 0 Å². The van der Waals surface area contributed by atoms with Crippen molar-refractivity contribution in [1.29, 1.82) is 0 Å². The number of hydrogen-bond acceptors (Lipinski definition) is 1. The van der Waals surface area contributed by atoms with Gasteiger partial charge in [-0.15, -0.1) is 0 Å². The average Bonchev–Trinajstić information content (AvgIpc) is 2.26. The van der Waals surface area contributed by atoms with E-state index in [9.17, 15) is 0 Å². The van der Waals surface area contributed by atoms with E-state index in [1.165, 1.54) is 45.1 Å². The minimum Gasteiger partial charge on any atom is -0.314 e. The first-order chi connectivity index (χ1) is 8.47. The molecule has 0 spiro atoms. The molecule has 0 aromatic carbocycles. The number of hydrogen-bond donors (Lipinski definition) is 1. The molecule has 0 bridgehead atoms. The molecule has 1 aliphatic rings. The number of rotatable bonds is 7. The zero-order chi connectivity index (χ0) is 13.5. The van der Waals surface area contributed by atoms with Crippen molar-refractivity contribution in [3.63, 3.8) is 0 Å². The Hall–Kier alpha value is -0.0400. The standard InChI is InChI=1S/C17H35N/c1-13(2)10-17(11-14(3)4)18-12-16-8-6-15(5)7-9-16/h13-18H,6-12H2,1-5H3. The summed E-state index contributed by atoms with van der Waals surface area (Å²) in [6.07, 6.45) is 8.47. The summed E-state index contributed by atoms with van der Waals surface area (Å²) in [7, 11) is 0. The van der Waals surface area contributed by atoms with E-state index >= 15 is 0 Å². The molecule has 0 aromatic rings. The van der Waals surface area contributed by atoms with Crippen LogP contribution in [0.4, 0.5) is 0 Å². The predicted molar refractivity (Wildman–Crippen MR) is 81.8 cm³/mol. The highest BCUT2D eigenvalue weighted by Crippen LogP contribution is 2.28. The van der Waals surface area contributed by atoms with E-state index in [1.807, 2.05) is 0 Å². The van der Waals surface area contributed by atoms with E-state index in [4.69, 9.17) is 0 Å². The lowest BCUT2D eigenvalue weighted by Gasteiger charge is -2.29. The van der Waals surface area contributed by atoms with Gasteiger partial charge >= 0.3 is 0 Å². The normalized spacial score (nSPS) is 25.3. The maximum absolute atomic E-state index is 3.87. The topological polar surface area (TPSA) is 12.0 Å². The van der Waals surface area contributed by atoms with Crippen molar-refractivity contribution < 1.29 is 0 Å². The van der Waals surface area contributed by atoms with Gasteiger partial charge in [0.15, 0.2) is 0 Å². The second-order valence-corrected chi connectivity index (χ2v) is 7.49. The molecule has 0 unspecified atom stereocenters. The Bertz CT molecular complexity index is 192. The van der Waals surface area contributed by atoms with Gasteiger partial charge in [-0.2, -0.15) is 0 Å². The molecule has 108 valence electrons. The zero-order valence-electron chi connectivity index (χ0n) is 13.3. The van der Waals surface area contributed by atoms with E-state index in [0.717, 1.165) is 29.7 Å². The van der Waals surface area contributed by atoms with Gasteiger partial charge in [0.2, 0.25) is 0 Å². The van der Waals surface area contributed by atoms with Crippen LogP contribution in [0.2, 0.25) is 0 Å². The van der Waals surface area contributed by atoms with Crippen molar-refractivity contribution in [1.82, 2.24) is 5.32 Å². The maximum Gasteiger partial charge on any atom is 0.00720 e. The molecule has 0 saturated heterocycles. The molecule has 0 aromatic heterocycles. The van der Waals surface area contributed by atoms with Gasteiger partial charge in [0, 0.05) is 6.04 Å². The van der Waals surface area contributed by atoms with E-state index in [1.54, 1.807) is 0 Å². The Labute approximate surface area is 115 Å². The molecule has 0 atom stereocenters. The molecule has 1 nitrogen and oxygen atoms in total. The fourth-order valence-corrected chi connectivity index (χ4v) is 3.27. The largest absolute Gasteiger partial charge is 0.314 e. The molecule has 0 aliphatic heterocycles. The summed E-state index contributed by atoms with van der Waals surface area (Å²) in [5.41, 5.74) is 0. The first-order valence-electron chi connectivity index (χ1n) is 8.20. The smallest absolute Gasteiger partial charge is 0.00720 e. The Morgan fingerprint density at radius 2 is 1.39 bits per heavy atom. The Kier molecular flexibility index (Phi) is 7.29. The molecular weight excluding hydrogens is 218 g/mol. The molecule has 0 heterocycles. The van der Waals surface area contributed by atoms with Crippen molar-refractivity contribution in [3.05, 3.63) is 0 Å². The monoisotopic (exact) mass is 253 g/mol. The Morgan fingerprint density at radius 3 is 1.83 bits per heavy atom. The van der Waals surface area contributed by atoms with Gasteiger partial charge in [0.25, 0.3) is 0 Å². The van der Waals surface area contributed by atoms with E-state index in [2.05, 4.69) is 39.9 Å². The lowest BCUT2D eigenvalue weighted by atomic mass is 9.83. The van der Waals surface area contributed by atoms with Gasteiger partial charge in [-0.25, -0.2) is 0 Å². The van der Waals surface area contributed by atoms with Crippen molar-refractivity contribution in [3.8, 4) is 0 Å². The van der Waals surface area contributed by atoms with Crippen LogP contribution in [0.3, 0.4) is 0 Å². The molecule has 1 saturated carbocycles. The highest BCUT2D eigenvalue weighted by Gasteiger charge is 2.20. The van der Waals surface area contributed by atoms with Crippen LogP contribution < -0.4 is 5.32 Å². The molecule has 0 amide bonds. The third-order valence-corrected chi connectivity index (χ3v) is 4.34. The zero-order valence-corrected chi connectivity index (χ0v) is 13.3. The third kappa shape index (κ3) is 6.78. The van der Waals surface area contributed by atoms with Crippen LogP contribution in [0, 0.1) is 23.7 Å². The average molecular weight is 253 g/mol. The van der Waals surface area contributed by atoms with E-state index < -0.39 is 0 Å². The van der Waals surface area contributed by atoms with Crippen LogP contribution in [0.25, 0.3) is 0 Å². The van der Waals surface area contributed by atoms with Crippen LogP contribution in [0.5, 0.6) is 0 Å². The summed E-state index contributed by atoms with van der Waals surface area (Å²) in [4.78, 5) is 0. The number of nitrogens with one attached hydrogen (secondary N) is 1. The summed E-state index contributed by atoms with van der Waals surface area (Å²) in [5, 5.41) is 3.87. The molecule has 0 radical (unpaired) electrons. The van der Waals surface area contributed by atoms with Gasteiger partial charge in [-0.1, -0.05) is 47.5 Å². The minimum absolute atomic E-state index is 0.740. The summed E-state index contributed by atoms with van der Waals surface area (Å²) in [6, 6.07) is 0.740. The van der Waals surface area contributed by atoms with Gasteiger partial charge < -0.3 is 5.32 Å². The van der Waals surface area contributed by atoms with Crippen LogP contribution in [-0.2, 0) is 0 Å². The van der Waals surface area contributed by atoms with E-state index in [-0.39, 0.29) is 0 Å². The lowest BCUT2D eigenvalue weighted by molar-refractivity contribution is 0.260. The molecule has 1 fully saturated rings. The first kappa shape index (κ1) is 16.0. The highest BCUT2D eigenvalue weighted by molar-refractivity contribution is 4.76. The minimum atomic E-state index is 0.740. The third-order valence-electron chi connectivity index (χ3n) is 4.34. The summed E-state index contributed by atoms with van der Waals surface area (Å²) < 4.78 is 0. The summed E-state index contributed by atoms with van der Waals surface area (Å²) in [6.45, 7) is 13.0. The van der Waals surface area contributed by atoms with Crippen LogP contribution in [-0.4, -0.2) is 12.6 Å². The van der Waals surface area contributed by atoms with E-state index in [0.29, 0.717) is 0 Å². The molecule has 1 rings (SSSR count). The highest BCUT2D eigenvalue weighted by atomic mass is 14.9. The van der Waals surface area contributed by atoms with Gasteiger partial charge in [0.1, 0.15) is 0 Å². The molecule has 1 aliphatic carbocycles. The van der Waals surface area contributed by atoms with Crippen LogP contribution in [0.1, 0.15) is 73.1 Å². The SMILES string of the molecule is CC(C)CC(CC(C)C)NCC1CCC(C)CC1. The van der Waals surface area contributed by atoms with Crippen molar-refractivity contribution >= 4 is 0 Å². The fourth-order valence-electron chi connectivity index (χ4n) is 3.27.